The molecule has 0 aliphatic rings. The first-order chi connectivity index (χ1) is 5.69. The van der Waals surface area contributed by atoms with E-state index in [1.54, 1.807) is 13.0 Å². The summed E-state index contributed by atoms with van der Waals surface area (Å²) in [6, 6.07) is 3.08. The molecule has 0 spiro atoms. The quantitative estimate of drug-likeness (QED) is 0.731. The molecule has 0 aliphatic carbocycles. The Bertz CT molecular complexity index is 284. The minimum absolute atomic E-state index is 0.270. The molecule has 1 aromatic carbocycles. The minimum atomic E-state index is -0.363. The molecule has 1 aromatic rings. The lowest BCUT2D eigenvalue weighted by atomic mass is 10.1. The van der Waals surface area contributed by atoms with Crippen molar-refractivity contribution in [1.82, 2.24) is 0 Å². The maximum atomic E-state index is 13.1. The van der Waals surface area contributed by atoms with Crippen molar-refractivity contribution >= 4 is 0 Å². The fraction of sp³-hybridized carbons (Fsp3) is 0.333. The van der Waals surface area contributed by atoms with Crippen LogP contribution in [0.25, 0.3) is 0 Å². The second-order valence-electron chi connectivity index (χ2n) is 2.58. The highest BCUT2D eigenvalue weighted by molar-refractivity contribution is 5.34. The number of hydrogen-bond donors (Lipinski definition) is 1. The molecule has 66 valence electrons. The van der Waals surface area contributed by atoms with E-state index in [-0.39, 0.29) is 18.0 Å². The number of ether oxygens (including phenoxy) is 1. The molecule has 0 aliphatic heterocycles. The van der Waals surface area contributed by atoms with Crippen LogP contribution < -0.4 is 4.74 Å². The average Bonchev–Trinajstić information content (AvgIpc) is 2.09. The van der Waals surface area contributed by atoms with Gasteiger partial charge in [0.05, 0.1) is 13.7 Å². The molecule has 1 N–H and O–H groups in total. The van der Waals surface area contributed by atoms with Gasteiger partial charge in [0, 0.05) is 5.56 Å². The fourth-order valence-electron chi connectivity index (χ4n) is 1.04. The summed E-state index contributed by atoms with van der Waals surface area (Å²) in [7, 11) is 1.51. The monoisotopic (exact) mass is 170 g/mol. The van der Waals surface area contributed by atoms with Gasteiger partial charge in [-0.15, -0.1) is 0 Å². The summed E-state index contributed by atoms with van der Waals surface area (Å²) in [5.41, 5.74) is 0.755. The Morgan fingerprint density at radius 1 is 1.50 bits per heavy atom. The third-order valence-corrected chi connectivity index (χ3v) is 1.71. The first-order valence-electron chi connectivity index (χ1n) is 3.63. The Labute approximate surface area is 70.6 Å². The summed E-state index contributed by atoms with van der Waals surface area (Å²) in [6.45, 7) is 1.33. The van der Waals surface area contributed by atoms with Gasteiger partial charge in [-0.3, -0.25) is 0 Å². The van der Waals surface area contributed by atoms with Gasteiger partial charge in [0.25, 0.3) is 0 Å². The zero-order chi connectivity index (χ0) is 9.14. The summed E-state index contributed by atoms with van der Waals surface area (Å²) in [5.74, 6) is 0.205. The van der Waals surface area contributed by atoms with Crippen molar-refractivity contribution in [1.29, 1.82) is 0 Å². The van der Waals surface area contributed by atoms with Crippen LogP contribution in [0.3, 0.4) is 0 Å². The van der Waals surface area contributed by atoms with Gasteiger partial charge in [0.2, 0.25) is 0 Å². The van der Waals surface area contributed by atoms with E-state index in [9.17, 15) is 4.39 Å². The van der Waals surface area contributed by atoms with E-state index in [1.165, 1.54) is 13.2 Å². The zero-order valence-electron chi connectivity index (χ0n) is 7.10. The van der Waals surface area contributed by atoms with Gasteiger partial charge in [-0.1, -0.05) is 0 Å². The lowest BCUT2D eigenvalue weighted by Crippen LogP contribution is -1.95. The maximum Gasteiger partial charge on any atom is 0.131 e. The van der Waals surface area contributed by atoms with Gasteiger partial charge in [-0.25, -0.2) is 4.39 Å². The molecule has 0 atom stereocenters. The van der Waals surface area contributed by atoms with Crippen molar-refractivity contribution in [2.75, 3.05) is 7.11 Å². The third-order valence-electron chi connectivity index (χ3n) is 1.71. The number of methoxy groups -OCH3 is 1. The molecule has 12 heavy (non-hydrogen) atoms. The molecule has 2 nitrogen and oxygen atoms in total. The number of aliphatic hydroxyl groups excluding tert-OH is 1. The van der Waals surface area contributed by atoms with E-state index in [0.29, 0.717) is 11.3 Å². The van der Waals surface area contributed by atoms with E-state index in [1.807, 2.05) is 0 Å². The molecule has 0 saturated heterocycles. The van der Waals surface area contributed by atoms with Crippen molar-refractivity contribution in [3.8, 4) is 5.75 Å². The first kappa shape index (κ1) is 9.00. The van der Waals surface area contributed by atoms with Crippen LogP contribution in [0.15, 0.2) is 12.1 Å². The fourth-order valence-corrected chi connectivity index (χ4v) is 1.04. The standard InChI is InChI=1S/C9H11FO2/c1-6-3-8(12-2)4-7(5-11)9(6)10/h3-4,11H,5H2,1-2H3/i10+0. The Balaban J connectivity index is 3.19. The van der Waals surface area contributed by atoms with Crippen molar-refractivity contribution in [3.63, 3.8) is 0 Å². The lowest BCUT2D eigenvalue weighted by Gasteiger charge is -2.06. The van der Waals surface area contributed by atoms with Crippen molar-refractivity contribution in [2.24, 2.45) is 0 Å². The Hall–Kier alpha value is -1.09. The molecule has 0 aromatic heterocycles. The van der Waals surface area contributed by atoms with Gasteiger partial charge >= 0.3 is 0 Å². The molecule has 0 amide bonds. The highest BCUT2D eigenvalue weighted by Gasteiger charge is 2.06. The molecule has 0 fully saturated rings. The SMILES string of the molecule is COc1cc(C)c([19F])c(CO)c1. The summed E-state index contributed by atoms with van der Waals surface area (Å²) in [5, 5.41) is 8.77. The van der Waals surface area contributed by atoms with Crippen molar-refractivity contribution < 1.29 is 14.2 Å². The second-order valence-corrected chi connectivity index (χ2v) is 2.58. The van der Waals surface area contributed by atoms with Gasteiger partial charge < -0.3 is 9.84 Å². The topological polar surface area (TPSA) is 29.5 Å². The average molecular weight is 170 g/mol. The molecule has 0 unspecified atom stereocenters. The van der Waals surface area contributed by atoms with Crippen LogP contribution in [0.5, 0.6) is 5.75 Å². The molecule has 3 heteroatoms. The smallest absolute Gasteiger partial charge is 0.131 e. The number of hydrogen-bond acceptors (Lipinski definition) is 2. The summed E-state index contributed by atoms with van der Waals surface area (Å²) in [6.07, 6.45) is 0. The normalized spacial score (nSPS) is 10.0. The molecule has 1 rings (SSSR count). The summed E-state index contributed by atoms with van der Waals surface area (Å²) in [4.78, 5) is 0. The first-order valence-corrected chi connectivity index (χ1v) is 3.63. The van der Waals surface area contributed by atoms with Gasteiger partial charge in [0.15, 0.2) is 0 Å². The minimum Gasteiger partial charge on any atom is -0.497 e. The van der Waals surface area contributed by atoms with E-state index in [2.05, 4.69) is 0 Å². The Kier molecular flexibility index (Phi) is 2.65. The van der Waals surface area contributed by atoms with Crippen LogP contribution in [-0.2, 0) is 6.61 Å². The van der Waals surface area contributed by atoms with Gasteiger partial charge in [0.1, 0.15) is 11.6 Å². The van der Waals surface area contributed by atoms with Crippen LogP contribution in [0.1, 0.15) is 11.1 Å². The van der Waals surface area contributed by atoms with E-state index >= 15 is 0 Å². The highest BCUT2D eigenvalue weighted by atomic mass is 19.1. The number of halogens is 1. The third kappa shape index (κ3) is 1.56. The van der Waals surface area contributed by atoms with Crippen LogP contribution >= 0.6 is 0 Å². The molecule has 0 radical (unpaired) electrons. The summed E-state index contributed by atoms with van der Waals surface area (Å²) < 4.78 is 18.0. The number of aliphatic hydroxyl groups is 1. The van der Waals surface area contributed by atoms with Crippen molar-refractivity contribution in [3.05, 3.63) is 29.1 Å². The predicted octanol–water partition coefficient (Wildman–Crippen LogP) is 1.64. The Morgan fingerprint density at radius 2 is 2.17 bits per heavy atom. The van der Waals surface area contributed by atoms with Gasteiger partial charge in [-0.2, -0.15) is 0 Å². The van der Waals surface area contributed by atoms with Crippen LogP contribution in [-0.4, -0.2) is 12.2 Å². The number of rotatable bonds is 2. The van der Waals surface area contributed by atoms with Gasteiger partial charge in [-0.05, 0) is 24.6 Å². The molecular weight excluding hydrogens is 159 g/mol. The van der Waals surface area contributed by atoms with E-state index in [4.69, 9.17) is 9.84 Å². The van der Waals surface area contributed by atoms with Crippen molar-refractivity contribution in [2.45, 2.75) is 13.5 Å². The van der Waals surface area contributed by atoms with E-state index < -0.39 is 0 Å². The lowest BCUT2D eigenvalue weighted by molar-refractivity contribution is 0.274. The summed E-state index contributed by atoms with van der Waals surface area (Å²) >= 11 is 0. The zero-order valence-corrected chi connectivity index (χ0v) is 7.10. The predicted molar refractivity (Wildman–Crippen MR) is 43.6 cm³/mol. The maximum absolute atomic E-state index is 13.1. The van der Waals surface area contributed by atoms with Crippen LogP contribution in [0.2, 0.25) is 0 Å². The molecule has 0 heterocycles. The molecule has 0 saturated carbocycles. The van der Waals surface area contributed by atoms with Crippen LogP contribution in [0, 0.1) is 12.7 Å². The van der Waals surface area contributed by atoms with E-state index in [0.717, 1.165) is 0 Å². The molecular formula is C9H11FO2. The molecule has 0 bridgehead atoms. The Morgan fingerprint density at radius 3 is 2.67 bits per heavy atom. The largest absolute Gasteiger partial charge is 0.497 e. The number of benzene rings is 1. The second kappa shape index (κ2) is 3.54. The number of aryl methyl sites for hydroxylation is 1. The highest BCUT2D eigenvalue weighted by Crippen LogP contribution is 2.20. The van der Waals surface area contributed by atoms with Crippen LogP contribution in [0.4, 0.5) is 4.39 Å².